The molecule has 0 bridgehead atoms. The number of hydrogen-bond donors (Lipinski definition) is 4. The number of Topliss-reactive ketones (excluding diaryl/α,β-unsaturated/α-hetero) is 8. The summed E-state index contributed by atoms with van der Waals surface area (Å²) in [6.07, 6.45) is 8.17. The van der Waals surface area contributed by atoms with Gasteiger partial charge in [0.1, 0.15) is 74.7 Å². The van der Waals surface area contributed by atoms with Crippen molar-refractivity contribution in [2.45, 2.75) is 58.3 Å². The van der Waals surface area contributed by atoms with E-state index in [0.717, 1.165) is 121 Å². The lowest BCUT2D eigenvalue weighted by atomic mass is 9.89. The van der Waals surface area contributed by atoms with E-state index >= 15 is 0 Å². The third-order valence-electron chi connectivity index (χ3n) is 19.9. The van der Waals surface area contributed by atoms with E-state index in [-0.39, 0.29) is 103 Å². The first-order valence-electron chi connectivity index (χ1n) is 35.6. The molecule has 16 rings (SSSR count). The highest BCUT2D eigenvalue weighted by atomic mass is 35.5. The Hall–Kier alpha value is -11.6. The molecule has 8 aliphatic rings. The lowest BCUT2D eigenvalue weighted by Crippen LogP contribution is -2.47. The van der Waals surface area contributed by atoms with E-state index in [0.29, 0.717) is 92.9 Å². The van der Waals surface area contributed by atoms with Crippen molar-refractivity contribution in [3.8, 4) is 0 Å². The van der Waals surface area contributed by atoms with Crippen LogP contribution in [0.2, 0.25) is 5.02 Å². The SMILES string of the molecule is CN1CCN(C2=C(Nc3ccc(F)cc3F)C(=O)c3ccccc3C2=O)CC1.Cc1cc(F)ccc1NC1=C(N2CCCCC2)C(=O)c2ccccc2C1=O.O=C1C(Nc2ccc(Cl)cc2)=C(N2CCCCC2)C(=O)c2ccccc21.O=C1C(Nc2ccc(F)cc2F)=C(N2CCCC2)C(=O)c2ccccc21. The quantitative estimate of drug-likeness (QED) is 0.0841. The third kappa shape index (κ3) is 15.7. The first-order valence-corrected chi connectivity index (χ1v) is 36.0. The van der Waals surface area contributed by atoms with Crippen LogP contribution >= 0.6 is 11.6 Å². The summed E-state index contributed by atoms with van der Waals surface area (Å²) >= 11 is 5.95. The zero-order valence-electron chi connectivity index (χ0n) is 58.7. The number of piperidine rings is 2. The molecule has 23 heteroatoms. The molecule has 546 valence electrons. The summed E-state index contributed by atoms with van der Waals surface area (Å²) in [5.74, 6) is -5.25. The number of halogens is 6. The van der Waals surface area contributed by atoms with Crippen molar-refractivity contribution >= 4 is 80.6 Å². The van der Waals surface area contributed by atoms with E-state index in [4.69, 9.17) is 11.6 Å². The second-order valence-electron chi connectivity index (χ2n) is 27.0. The van der Waals surface area contributed by atoms with Crippen LogP contribution in [0.25, 0.3) is 0 Å². The zero-order chi connectivity index (χ0) is 75.2. The smallest absolute Gasteiger partial charge is 0.212 e. The van der Waals surface area contributed by atoms with Gasteiger partial charge in [-0.3, -0.25) is 38.4 Å². The maximum atomic E-state index is 14.2. The highest BCUT2D eigenvalue weighted by molar-refractivity contribution is 6.31. The number of carbonyl (C=O) groups excluding carboxylic acids is 8. The predicted molar refractivity (Wildman–Crippen MR) is 399 cm³/mol. The van der Waals surface area contributed by atoms with Gasteiger partial charge in [0, 0.05) is 138 Å². The molecule has 107 heavy (non-hydrogen) atoms. The lowest BCUT2D eigenvalue weighted by molar-refractivity contribution is 0.0917. The van der Waals surface area contributed by atoms with Gasteiger partial charge >= 0.3 is 0 Å². The minimum Gasteiger partial charge on any atom is -0.367 e. The summed E-state index contributed by atoms with van der Waals surface area (Å²) in [6.45, 7) is 8.82. The van der Waals surface area contributed by atoms with Crippen LogP contribution < -0.4 is 21.3 Å². The van der Waals surface area contributed by atoms with E-state index in [9.17, 15) is 60.3 Å². The van der Waals surface area contributed by atoms with Gasteiger partial charge in [0.15, 0.2) is 0 Å². The Bertz CT molecular complexity index is 5050. The number of nitrogens with one attached hydrogen (secondary N) is 4. The minimum atomic E-state index is -0.829. The van der Waals surface area contributed by atoms with Crippen molar-refractivity contribution < 1.29 is 60.3 Å². The molecular weight excluding hydrogens is 1390 g/mol. The fourth-order valence-corrected chi connectivity index (χ4v) is 14.5. The molecule has 17 nitrogen and oxygen atoms in total. The van der Waals surface area contributed by atoms with Gasteiger partial charge in [0.25, 0.3) is 0 Å². The van der Waals surface area contributed by atoms with Crippen LogP contribution in [0.5, 0.6) is 0 Å². The zero-order valence-corrected chi connectivity index (χ0v) is 59.5. The predicted octanol–water partition coefficient (Wildman–Crippen LogP) is 15.5. The third-order valence-corrected chi connectivity index (χ3v) is 20.2. The van der Waals surface area contributed by atoms with E-state index < -0.39 is 23.3 Å². The van der Waals surface area contributed by atoms with Crippen molar-refractivity contribution in [1.29, 1.82) is 0 Å². The molecule has 0 atom stereocenters. The first-order chi connectivity index (χ1) is 51.7. The number of hydrogen-bond acceptors (Lipinski definition) is 17. The van der Waals surface area contributed by atoms with Crippen LogP contribution in [0.1, 0.15) is 140 Å². The molecule has 0 spiro atoms. The van der Waals surface area contributed by atoms with Gasteiger partial charge in [-0.15, -0.1) is 0 Å². The maximum Gasteiger partial charge on any atom is 0.212 e. The Labute approximate surface area is 620 Å². The fraction of sp³-hybridized carbons (Fsp3) is 0.238. The van der Waals surface area contributed by atoms with E-state index in [2.05, 4.69) is 31.1 Å². The Kier molecular flexibility index (Phi) is 22.3. The minimum absolute atomic E-state index is 0.0266. The Balaban J connectivity index is 0.000000126. The van der Waals surface area contributed by atoms with Gasteiger partial charge < -0.3 is 45.8 Å². The van der Waals surface area contributed by atoms with E-state index in [1.165, 1.54) is 24.3 Å². The molecule has 4 fully saturated rings. The number of anilines is 4. The van der Waals surface area contributed by atoms with Crippen LogP contribution in [0.15, 0.2) is 222 Å². The molecule has 0 aromatic heterocycles. The van der Waals surface area contributed by atoms with Crippen LogP contribution in [-0.4, -0.2) is 143 Å². The number of aryl methyl sites for hydroxylation is 1. The molecule has 8 aromatic rings. The van der Waals surface area contributed by atoms with Gasteiger partial charge in [-0.1, -0.05) is 109 Å². The molecule has 0 radical (unpaired) electrons. The highest BCUT2D eigenvalue weighted by Gasteiger charge is 2.41. The molecular formula is C84H75ClF5N9O8. The van der Waals surface area contributed by atoms with Crippen molar-refractivity contribution in [3.63, 3.8) is 0 Å². The van der Waals surface area contributed by atoms with Crippen molar-refractivity contribution in [3.05, 3.63) is 306 Å². The van der Waals surface area contributed by atoms with Crippen molar-refractivity contribution in [2.24, 2.45) is 0 Å². The van der Waals surface area contributed by atoms with Crippen molar-refractivity contribution in [2.75, 3.05) is 93.8 Å². The normalized spacial score (nSPS) is 17.3. The van der Waals surface area contributed by atoms with Gasteiger partial charge in [-0.2, -0.15) is 0 Å². The molecule has 0 unspecified atom stereocenters. The number of benzene rings is 8. The van der Waals surface area contributed by atoms with Crippen LogP contribution in [0.3, 0.4) is 0 Å². The Morgan fingerprint density at radius 1 is 0.299 bits per heavy atom. The standard InChI is InChI=1S/C22H21FN2O2.C21H19ClN2O2.C21H19F2N3O2.C20H16F2N2O2/c1-14-13-15(23)9-10-18(14)24-19-20(25-11-5-2-6-12-25)22(27)17-8-4-3-7-16(17)21(19)26;22-14-8-10-15(11-9-14)23-18-19(24-12-4-1-5-13-24)21(26)17-7-3-2-6-16(17)20(18)25;1-25-8-10-26(11-9-25)19-18(24-17-7-6-13(22)12-16(17)23)20(27)14-4-2-3-5-15(14)21(19)28;21-12-7-8-16(15(22)11-12)23-17-18(24-9-3-4-10-24)20(26)14-6-2-1-5-13(14)19(17)25/h3-4,7-10,13,24H,2,5-6,11-12H2,1H3;2-3,6-11,23H,1,4-5,12-13H2;2-7,12,24H,8-11H2,1H3;1-2,5-8,11,23H,3-4,9-10H2. The molecule has 8 aromatic carbocycles. The summed E-state index contributed by atoms with van der Waals surface area (Å²) < 4.78 is 68.2. The van der Waals surface area contributed by atoms with Gasteiger partial charge in [0.2, 0.25) is 46.3 Å². The maximum absolute atomic E-state index is 14.2. The molecule has 4 saturated heterocycles. The van der Waals surface area contributed by atoms with Crippen molar-refractivity contribution in [1.82, 2.24) is 24.5 Å². The molecule has 0 saturated carbocycles. The number of rotatable bonds is 12. The van der Waals surface area contributed by atoms with Gasteiger partial charge in [-0.25, -0.2) is 22.0 Å². The van der Waals surface area contributed by atoms with E-state index in [1.54, 1.807) is 134 Å². The lowest BCUT2D eigenvalue weighted by Gasteiger charge is -2.37. The number of carbonyl (C=O) groups is 8. The largest absolute Gasteiger partial charge is 0.367 e. The molecule has 4 heterocycles. The Morgan fingerprint density at radius 3 is 0.888 bits per heavy atom. The number of nitrogens with zero attached hydrogens (tertiary/aromatic N) is 5. The number of likely N-dealkylation sites (tertiary alicyclic amines) is 3. The van der Waals surface area contributed by atoms with Gasteiger partial charge in [0.05, 0.1) is 11.4 Å². The van der Waals surface area contributed by atoms with Crippen LogP contribution in [0.4, 0.5) is 44.7 Å². The average molecular weight is 1470 g/mol. The average Bonchev–Trinajstić information content (AvgIpc) is 1.20. The molecule has 4 aliphatic heterocycles. The summed E-state index contributed by atoms with van der Waals surface area (Å²) in [4.78, 5) is 115. The molecule has 0 amide bonds. The van der Waals surface area contributed by atoms with Gasteiger partial charge in [-0.05, 0) is 138 Å². The second-order valence-corrected chi connectivity index (χ2v) is 27.4. The van der Waals surface area contributed by atoms with Crippen LogP contribution in [0, 0.1) is 36.0 Å². The highest BCUT2D eigenvalue weighted by Crippen LogP contribution is 2.37. The summed E-state index contributed by atoms with van der Waals surface area (Å²) in [6, 6.07) is 44.8. The molecule has 4 aliphatic carbocycles. The monoisotopic (exact) mass is 1470 g/mol. The first kappa shape index (κ1) is 73.7. The number of fused-ring (bicyclic) bond motifs is 4. The van der Waals surface area contributed by atoms with E-state index in [1.807, 2.05) is 21.7 Å². The Morgan fingerprint density at radius 2 is 0.570 bits per heavy atom. The summed E-state index contributed by atoms with van der Waals surface area (Å²) in [5, 5.41) is 12.5. The number of piperazine rings is 1. The number of allylic oxidation sites excluding steroid dienone is 8. The number of ketones is 8. The van der Waals surface area contributed by atoms with Crippen LogP contribution in [-0.2, 0) is 0 Å². The summed E-state index contributed by atoms with van der Waals surface area (Å²) in [5.41, 5.74) is 7.12. The molecule has 4 N–H and O–H groups in total. The second kappa shape index (κ2) is 32.4. The fourth-order valence-electron chi connectivity index (χ4n) is 14.4. The summed E-state index contributed by atoms with van der Waals surface area (Å²) in [7, 11) is 1.99. The topological polar surface area (TPSA) is 201 Å². The number of likely N-dealkylation sites (N-methyl/N-ethyl adjacent to an activating group) is 1.